The summed E-state index contributed by atoms with van der Waals surface area (Å²) < 4.78 is 1.14. The maximum atomic E-state index is 3.96. The molecule has 0 aliphatic carbocycles. The minimum atomic E-state index is 0.564. The number of rotatable bonds is 1. The lowest BCUT2D eigenvalue weighted by molar-refractivity contribution is 0.816. The smallest absolute Gasteiger partial charge is 0.131 e. The molecule has 0 saturated heterocycles. The molecule has 0 atom stereocenters. The van der Waals surface area contributed by atoms with Gasteiger partial charge in [-0.2, -0.15) is 0 Å². The van der Waals surface area contributed by atoms with Crippen molar-refractivity contribution in [1.29, 1.82) is 0 Å². The molecule has 0 aliphatic heterocycles. The molecule has 0 bridgehead atoms. The van der Waals surface area contributed by atoms with E-state index in [2.05, 4.69) is 43.0 Å². The molecule has 0 amide bonds. The van der Waals surface area contributed by atoms with Gasteiger partial charge in [-0.15, -0.1) is 20.4 Å². The van der Waals surface area contributed by atoms with E-state index in [9.17, 15) is 0 Å². The lowest BCUT2D eigenvalue weighted by atomic mass is 10.2. The first-order chi connectivity index (χ1) is 6.75. The van der Waals surface area contributed by atoms with Crippen LogP contribution in [0.3, 0.4) is 0 Å². The molecule has 70 valence electrons. The molecule has 2 aromatic rings. The van der Waals surface area contributed by atoms with E-state index in [4.69, 9.17) is 0 Å². The number of benzene rings is 1. The summed E-state index contributed by atoms with van der Waals surface area (Å²) in [6.45, 7) is 1.76. The fourth-order valence-electron chi connectivity index (χ4n) is 1.02. The second-order valence-electron chi connectivity index (χ2n) is 2.78. The highest BCUT2D eigenvalue weighted by Crippen LogP contribution is 2.15. The average molecular weight is 298 g/mol. The lowest BCUT2D eigenvalue weighted by Gasteiger charge is -1.98. The van der Waals surface area contributed by atoms with E-state index in [0.717, 1.165) is 9.13 Å². The van der Waals surface area contributed by atoms with Crippen LogP contribution in [-0.4, -0.2) is 20.4 Å². The molecular weight excluding hydrogens is 291 g/mol. The van der Waals surface area contributed by atoms with Crippen LogP contribution in [0.1, 0.15) is 5.82 Å². The van der Waals surface area contributed by atoms with Crippen molar-refractivity contribution in [3.05, 3.63) is 33.7 Å². The molecule has 2 rings (SSSR count). The maximum absolute atomic E-state index is 3.96. The lowest BCUT2D eigenvalue weighted by Crippen LogP contribution is -1.98. The number of halogens is 1. The predicted octanol–water partition coefficient (Wildman–Crippen LogP) is 1.85. The molecule has 14 heavy (non-hydrogen) atoms. The summed E-state index contributed by atoms with van der Waals surface area (Å²) in [7, 11) is 0. The van der Waals surface area contributed by atoms with Crippen molar-refractivity contribution in [1.82, 2.24) is 20.4 Å². The zero-order valence-electron chi connectivity index (χ0n) is 7.48. The highest BCUT2D eigenvalue weighted by Gasteiger charge is 2.02. The van der Waals surface area contributed by atoms with Crippen LogP contribution in [0.4, 0.5) is 0 Å². The first-order valence-electron chi connectivity index (χ1n) is 4.05. The first kappa shape index (κ1) is 9.45. The van der Waals surface area contributed by atoms with E-state index in [0.29, 0.717) is 11.6 Å². The van der Waals surface area contributed by atoms with Crippen molar-refractivity contribution >= 4 is 22.6 Å². The Labute approximate surface area is 94.9 Å². The Morgan fingerprint density at radius 1 is 1.07 bits per heavy atom. The largest absolute Gasteiger partial charge is 0.203 e. The molecule has 1 aromatic heterocycles. The van der Waals surface area contributed by atoms with Crippen LogP contribution < -0.4 is 0 Å². The summed E-state index contributed by atoms with van der Waals surface area (Å²) in [5.74, 6) is 1.15. The van der Waals surface area contributed by atoms with E-state index in [1.807, 2.05) is 24.3 Å². The minimum absolute atomic E-state index is 0.564. The van der Waals surface area contributed by atoms with E-state index in [-0.39, 0.29) is 0 Å². The number of aromatic nitrogens is 4. The van der Waals surface area contributed by atoms with Crippen molar-refractivity contribution in [3.63, 3.8) is 0 Å². The first-order valence-corrected chi connectivity index (χ1v) is 5.13. The van der Waals surface area contributed by atoms with Gasteiger partial charge in [-0.3, -0.25) is 0 Å². The second-order valence-corrected chi connectivity index (χ2v) is 4.03. The SMILES string of the molecule is Cc1nnc(-c2cccc(I)c2)nn1. The zero-order valence-corrected chi connectivity index (χ0v) is 9.63. The Balaban J connectivity index is 2.44. The molecule has 0 fully saturated rings. The topological polar surface area (TPSA) is 51.6 Å². The van der Waals surface area contributed by atoms with E-state index < -0.39 is 0 Å². The van der Waals surface area contributed by atoms with Crippen LogP contribution in [0.15, 0.2) is 24.3 Å². The summed E-state index contributed by atoms with van der Waals surface area (Å²) in [4.78, 5) is 0. The van der Waals surface area contributed by atoms with Gasteiger partial charge in [-0.25, -0.2) is 0 Å². The van der Waals surface area contributed by atoms with Crippen LogP contribution in [0.2, 0.25) is 0 Å². The third kappa shape index (κ3) is 2.03. The van der Waals surface area contributed by atoms with Gasteiger partial charge >= 0.3 is 0 Å². The van der Waals surface area contributed by atoms with E-state index in [1.54, 1.807) is 6.92 Å². The summed E-state index contributed by atoms with van der Waals surface area (Å²) >= 11 is 2.24. The number of hydrogen-bond donors (Lipinski definition) is 0. The van der Waals surface area contributed by atoms with Gasteiger partial charge in [0.15, 0.2) is 5.82 Å². The Morgan fingerprint density at radius 2 is 1.79 bits per heavy atom. The highest BCUT2D eigenvalue weighted by atomic mass is 127. The Morgan fingerprint density at radius 3 is 2.43 bits per heavy atom. The summed E-state index contributed by atoms with van der Waals surface area (Å²) in [6.07, 6.45) is 0. The molecule has 5 heteroatoms. The van der Waals surface area contributed by atoms with Gasteiger partial charge < -0.3 is 0 Å². The van der Waals surface area contributed by atoms with Gasteiger partial charge in [0, 0.05) is 9.13 Å². The van der Waals surface area contributed by atoms with Crippen molar-refractivity contribution in [2.24, 2.45) is 0 Å². The van der Waals surface area contributed by atoms with Crippen molar-refractivity contribution < 1.29 is 0 Å². The molecule has 1 heterocycles. The van der Waals surface area contributed by atoms with Crippen molar-refractivity contribution in [3.8, 4) is 11.4 Å². The quantitative estimate of drug-likeness (QED) is 0.754. The number of hydrogen-bond acceptors (Lipinski definition) is 4. The van der Waals surface area contributed by atoms with Crippen LogP contribution in [0.5, 0.6) is 0 Å². The van der Waals surface area contributed by atoms with Gasteiger partial charge in [0.05, 0.1) is 0 Å². The van der Waals surface area contributed by atoms with Gasteiger partial charge in [0.2, 0.25) is 5.82 Å². The van der Waals surface area contributed by atoms with E-state index in [1.165, 1.54) is 0 Å². The third-order valence-electron chi connectivity index (χ3n) is 1.66. The van der Waals surface area contributed by atoms with Crippen LogP contribution in [-0.2, 0) is 0 Å². The highest BCUT2D eigenvalue weighted by molar-refractivity contribution is 14.1. The molecule has 4 nitrogen and oxygen atoms in total. The molecule has 0 spiro atoms. The van der Waals surface area contributed by atoms with Crippen LogP contribution in [0, 0.1) is 10.5 Å². The normalized spacial score (nSPS) is 10.1. The molecule has 0 N–H and O–H groups in total. The minimum Gasteiger partial charge on any atom is -0.131 e. The standard InChI is InChI=1S/C9H7IN4/c1-6-11-13-9(14-12-6)7-3-2-4-8(10)5-7/h2-5H,1H3. The number of aryl methyl sites for hydroxylation is 1. The average Bonchev–Trinajstić information content (AvgIpc) is 2.19. The summed E-state index contributed by atoms with van der Waals surface area (Å²) in [6, 6.07) is 7.91. The Kier molecular flexibility index (Phi) is 2.67. The molecule has 0 saturated carbocycles. The summed E-state index contributed by atoms with van der Waals surface area (Å²) in [5.41, 5.74) is 0.942. The van der Waals surface area contributed by atoms with E-state index >= 15 is 0 Å². The Bertz CT molecular complexity index is 441. The van der Waals surface area contributed by atoms with Gasteiger partial charge in [-0.05, 0) is 41.6 Å². The maximum Gasteiger partial charge on any atom is 0.203 e. The van der Waals surface area contributed by atoms with Crippen LogP contribution in [0.25, 0.3) is 11.4 Å². The van der Waals surface area contributed by atoms with Gasteiger partial charge in [-0.1, -0.05) is 12.1 Å². The molecule has 0 aliphatic rings. The van der Waals surface area contributed by atoms with Crippen molar-refractivity contribution in [2.45, 2.75) is 6.92 Å². The van der Waals surface area contributed by atoms with Crippen LogP contribution >= 0.6 is 22.6 Å². The fourth-order valence-corrected chi connectivity index (χ4v) is 1.57. The van der Waals surface area contributed by atoms with Gasteiger partial charge in [0.1, 0.15) is 0 Å². The predicted molar refractivity (Wildman–Crippen MR) is 60.5 cm³/mol. The molecule has 0 radical (unpaired) electrons. The molecule has 1 aromatic carbocycles. The summed E-state index contributed by atoms with van der Waals surface area (Å²) in [5, 5.41) is 15.6. The monoisotopic (exact) mass is 298 g/mol. The zero-order chi connectivity index (χ0) is 9.97. The molecule has 0 unspecified atom stereocenters. The van der Waals surface area contributed by atoms with Gasteiger partial charge in [0.25, 0.3) is 0 Å². The number of nitrogens with zero attached hydrogens (tertiary/aromatic N) is 4. The fraction of sp³-hybridized carbons (Fsp3) is 0.111. The third-order valence-corrected chi connectivity index (χ3v) is 2.33. The van der Waals surface area contributed by atoms with Crippen molar-refractivity contribution in [2.75, 3.05) is 0 Å². The molecular formula is C9H7IN4. The Hall–Kier alpha value is -1.11. The second kappa shape index (κ2) is 3.95.